The zero-order chi connectivity index (χ0) is 7.44. The zero-order valence-corrected chi connectivity index (χ0v) is 6.24. The molecule has 0 spiro atoms. The Morgan fingerprint density at radius 1 is 1.56 bits per heavy atom. The lowest BCUT2D eigenvalue weighted by Crippen LogP contribution is -1.87. The molecule has 0 aromatic carbocycles. The standard InChI is InChI=1S/C8H13F/c1-6(2)7(3)5-8(4)9/h5-6H,4H2,1-3H3. The van der Waals surface area contributed by atoms with E-state index >= 15 is 0 Å². The van der Waals surface area contributed by atoms with Crippen LogP contribution >= 0.6 is 0 Å². The highest BCUT2D eigenvalue weighted by Crippen LogP contribution is 2.10. The molecule has 0 nitrogen and oxygen atoms in total. The second kappa shape index (κ2) is 3.44. The summed E-state index contributed by atoms with van der Waals surface area (Å²) in [4.78, 5) is 0. The van der Waals surface area contributed by atoms with Crippen LogP contribution in [-0.4, -0.2) is 0 Å². The van der Waals surface area contributed by atoms with E-state index in [0.717, 1.165) is 5.57 Å². The molecule has 0 aliphatic heterocycles. The Morgan fingerprint density at radius 3 is 2.11 bits per heavy atom. The first-order chi connectivity index (χ1) is 4.04. The van der Waals surface area contributed by atoms with E-state index in [4.69, 9.17) is 0 Å². The summed E-state index contributed by atoms with van der Waals surface area (Å²) in [5, 5.41) is 0. The van der Waals surface area contributed by atoms with E-state index in [0.29, 0.717) is 5.92 Å². The first-order valence-corrected chi connectivity index (χ1v) is 3.06. The third-order valence-electron chi connectivity index (χ3n) is 1.29. The van der Waals surface area contributed by atoms with E-state index in [1.165, 1.54) is 6.08 Å². The lowest BCUT2D eigenvalue weighted by Gasteiger charge is -2.01. The quantitative estimate of drug-likeness (QED) is 0.501. The van der Waals surface area contributed by atoms with Crippen molar-refractivity contribution < 1.29 is 4.39 Å². The van der Waals surface area contributed by atoms with Gasteiger partial charge in [-0.3, -0.25) is 0 Å². The van der Waals surface area contributed by atoms with E-state index in [9.17, 15) is 4.39 Å². The Morgan fingerprint density at radius 2 is 2.00 bits per heavy atom. The van der Waals surface area contributed by atoms with Gasteiger partial charge in [-0.1, -0.05) is 26.0 Å². The Hall–Kier alpha value is -0.590. The van der Waals surface area contributed by atoms with E-state index < -0.39 is 0 Å². The summed E-state index contributed by atoms with van der Waals surface area (Å²) in [5.74, 6) is 0.0544. The molecule has 9 heavy (non-hydrogen) atoms. The van der Waals surface area contributed by atoms with Crippen molar-refractivity contribution in [3.05, 3.63) is 24.1 Å². The lowest BCUT2D eigenvalue weighted by molar-refractivity contribution is 0.661. The van der Waals surface area contributed by atoms with Gasteiger partial charge in [0.05, 0.1) is 0 Å². The molecule has 52 valence electrons. The summed E-state index contributed by atoms with van der Waals surface area (Å²) < 4.78 is 12.0. The van der Waals surface area contributed by atoms with Crippen molar-refractivity contribution in [2.24, 2.45) is 5.92 Å². The van der Waals surface area contributed by atoms with E-state index in [2.05, 4.69) is 6.58 Å². The Labute approximate surface area is 56.1 Å². The summed E-state index contributed by atoms with van der Waals surface area (Å²) in [6.07, 6.45) is 1.46. The Balaban J connectivity index is 4.00. The summed E-state index contributed by atoms with van der Waals surface area (Å²) in [6, 6.07) is 0. The van der Waals surface area contributed by atoms with Crippen molar-refractivity contribution in [3.8, 4) is 0 Å². The lowest BCUT2D eigenvalue weighted by atomic mass is 10.1. The number of rotatable bonds is 2. The fraction of sp³-hybridized carbons (Fsp3) is 0.500. The van der Waals surface area contributed by atoms with Crippen molar-refractivity contribution in [2.45, 2.75) is 20.8 Å². The number of halogens is 1. The SMILES string of the molecule is C=C(F)C=C(C)C(C)C. The number of hydrogen-bond acceptors (Lipinski definition) is 0. The average molecular weight is 128 g/mol. The minimum absolute atomic E-state index is 0.360. The molecule has 0 saturated carbocycles. The van der Waals surface area contributed by atoms with Gasteiger partial charge in [-0.05, 0) is 18.9 Å². The van der Waals surface area contributed by atoms with Crippen LogP contribution in [0.1, 0.15) is 20.8 Å². The second-order valence-electron chi connectivity index (χ2n) is 2.49. The number of hydrogen-bond donors (Lipinski definition) is 0. The molecule has 0 aromatic rings. The van der Waals surface area contributed by atoms with Crippen LogP contribution in [0.25, 0.3) is 0 Å². The van der Waals surface area contributed by atoms with Crippen molar-refractivity contribution in [1.29, 1.82) is 0 Å². The number of allylic oxidation sites excluding steroid dienone is 3. The Kier molecular flexibility index (Phi) is 3.21. The molecule has 0 aliphatic carbocycles. The predicted molar refractivity (Wildman–Crippen MR) is 38.8 cm³/mol. The normalized spacial score (nSPS) is 12.3. The molecule has 0 N–H and O–H groups in total. The van der Waals surface area contributed by atoms with Crippen LogP contribution < -0.4 is 0 Å². The molecule has 0 bridgehead atoms. The van der Waals surface area contributed by atoms with Gasteiger partial charge < -0.3 is 0 Å². The minimum atomic E-state index is -0.360. The maximum atomic E-state index is 12.0. The minimum Gasteiger partial charge on any atom is -0.208 e. The molecule has 0 radical (unpaired) electrons. The maximum absolute atomic E-state index is 12.0. The van der Waals surface area contributed by atoms with E-state index in [1.807, 2.05) is 20.8 Å². The monoisotopic (exact) mass is 128 g/mol. The molecule has 0 aliphatic rings. The van der Waals surface area contributed by atoms with Crippen molar-refractivity contribution >= 4 is 0 Å². The molecular weight excluding hydrogens is 115 g/mol. The van der Waals surface area contributed by atoms with Crippen molar-refractivity contribution in [3.63, 3.8) is 0 Å². The van der Waals surface area contributed by atoms with Crippen LogP contribution in [0.4, 0.5) is 4.39 Å². The van der Waals surface area contributed by atoms with E-state index in [1.54, 1.807) is 0 Å². The smallest absolute Gasteiger partial charge is 0.116 e. The third kappa shape index (κ3) is 3.95. The molecule has 0 aromatic heterocycles. The molecule has 0 atom stereocenters. The molecule has 0 rings (SSSR count). The highest BCUT2D eigenvalue weighted by atomic mass is 19.1. The van der Waals surface area contributed by atoms with Gasteiger partial charge in [0.2, 0.25) is 0 Å². The van der Waals surface area contributed by atoms with Gasteiger partial charge in [0.15, 0.2) is 0 Å². The van der Waals surface area contributed by atoms with Gasteiger partial charge in [-0.2, -0.15) is 0 Å². The predicted octanol–water partition coefficient (Wildman–Crippen LogP) is 3.07. The maximum Gasteiger partial charge on any atom is 0.116 e. The van der Waals surface area contributed by atoms with Gasteiger partial charge in [0.25, 0.3) is 0 Å². The highest BCUT2D eigenvalue weighted by Gasteiger charge is 1.94. The van der Waals surface area contributed by atoms with E-state index in [-0.39, 0.29) is 5.83 Å². The fourth-order valence-corrected chi connectivity index (χ4v) is 0.414. The summed E-state index contributed by atoms with van der Waals surface area (Å²) in [6.45, 7) is 9.08. The molecule has 1 heteroatoms. The summed E-state index contributed by atoms with van der Waals surface area (Å²) >= 11 is 0. The second-order valence-corrected chi connectivity index (χ2v) is 2.49. The van der Waals surface area contributed by atoms with Gasteiger partial charge in [-0.15, -0.1) is 0 Å². The molecule has 0 saturated heterocycles. The van der Waals surface area contributed by atoms with Crippen LogP contribution in [-0.2, 0) is 0 Å². The highest BCUT2D eigenvalue weighted by molar-refractivity contribution is 5.14. The summed E-state index contributed by atoms with van der Waals surface area (Å²) in [7, 11) is 0. The van der Waals surface area contributed by atoms with Crippen LogP contribution in [0.5, 0.6) is 0 Å². The first-order valence-electron chi connectivity index (χ1n) is 3.06. The third-order valence-corrected chi connectivity index (χ3v) is 1.29. The topological polar surface area (TPSA) is 0 Å². The molecular formula is C8H13F. The van der Waals surface area contributed by atoms with Gasteiger partial charge in [-0.25, -0.2) is 4.39 Å². The fourth-order valence-electron chi connectivity index (χ4n) is 0.414. The van der Waals surface area contributed by atoms with Gasteiger partial charge in [0, 0.05) is 0 Å². The van der Waals surface area contributed by atoms with Crippen LogP contribution in [0.15, 0.2) is 24.1 Å². The van der Waals surface area contributed by atoms with Crippen molar-refractivity contribution in [2.75, 3.05) is 0 Å². The Bertz CT molecular complexity index is 132. The molecule has 0 amide bonds. The zero-order valence-electron chi connectivity index (χ0n) is 6.24. The first kappa shape index (κ1) is 8.41. The van der Waals surface area contributed by atoms with Crippen LogP contribution in [0.2, 0.25) is 0 Å². The molecule has 0 heterocycles. The molecule has 0 fully saturated rings. The van der Waals surface area contributed by atoms with Gasteiger partial charge in [0.1, 0.15) is 5.83 Å². The summed E-state index contributed by atoms with van der Waals surface area (Å²) in [5.41, 5.74) is 1.03. The average Bonchev–Trinajstić information content (AvgIpc) is 1.63. The van der Waals surface area contributed by atoms with Gasteiger partial charge >= 0.3 is 0 Å². The van der Waals surface area contributed by atoms with Crippen LogP contribution in [0.3, 0.4) is 0 Å². The van der Waals surface area contributed by atoms with Crippen LogP contribution in [0, 0.1) is 5.92 Å². The van der Waals surface area contributed by atoms with Crippen molar-refractivity contribution in [1.82, 2.24) is 0 Å². The largest absolute Gasteiger partial charge is 0.208 e. The molecule has 0 unspecified atom stereocenters.